The van der Waals surface area contributed by atoms with Crippen LogP contribution in [-0.2, 0) is 19.3 Å². The summed E-state index contributed by atoms with van der Waals surface area (Å²) in [6.07, 6.45) is -0.154. The third kappa shape index (κ3) is 5.29. The van der Waals surface area contributed by atoms with Gasteiger partial charge in [-0.1, -0.05) is 24.3 Å². The maximum Gasteiger partial charge on any atom is 0.433 e. The Morgan fingerprint density at radius 2 is 1.50 bits per heavy atom. The Kier molecular flexibility index (Phi) is 5.87. The number of halogens is 3. The summed E-state index contributed by atoms with van der Waals surface area (Å²) in [4.78, 5) is 15.7. The molecule has 1 aromatic carbocycles. The molecule has 3 N–H and O–H groups in total. The van der Waals surface area contributed by atoms with Crippen LogP contribution in [0.3, 0.4) is 0 Å². The lowest BCUT2D eigenvalue weighted by atomic mass is 10.1. The zero-order valence-corrected chi connectivity index (χ0v) is 15.0. The Morgan fingerprint density at radius 1 is 0.857 bits per heavy atom. The molecule has 0 spiro atoms. The first kappa shape index (κ1) is 19.3. The van der Waals surface area contributed by atoms with Crippen molar-refractivity contribution in [1.29, 1.82) is 0 Å². The molecule has 0 fully saturated rings. The van der Waals surface area contributed by atoms with Crippen LogP contribution in [0.15, 0.2) is 48.9 Å². The molecule has 7 nitrogen and oxygen atoms in total. The molecule has 10 heteroatoms. The summed E-state index contributed by atoms with van der Waals surface area (Å²) in [5.41, 5.74) is 0.939. The monoisotopic (exact) mass is 389 g/mol. The van der Waals surface area contributed by atoms with Gasteiger partial charge in [-0.25, -0.2) is 15.0 Å². The van der Waals surface area contributed by atoms with E-state index in [4.69, 9.17) is 0 Å². The zero-order chi connectivity index (χ0) is 20.0. The Bertz CT molecular complexity index is 914. The second kappa shape index (κ2) is 8.51. The third-order valence-corrected chi connectivity index (χ3v) is 3.78. The first-order valence-corrected chi connectivity index (χ1v) is 8.39. The van der Waals surface area contributed by atoms with Crippen molar-refractivity contribution in [2.75, 3.05) is 23.0 Å². The molecule has 0 radical (unpaired) electrons. The highest BCUT2D eigenvalue weighted by molar-refractivity contribution is 5.41. The predicted molar refractivity (Wildman–Crippen MR) is 99.7 cm³/mol. The van der Waals surface area contributed by atoms with Gasteiger partial charge in [-0.3, -0.25) is 4.98 Å². The molecule has 2 aromatic heterocycles. The standard InChI is InChI=1S/C18H18F3N7/c1-22-15-10-23-11-16(28-15)25-8-12-2-4-13(5-3-12)9-26-17-24-7-6-14(27-17)18(19,20)21/h2-7,10-11H,8-9H2,1H3,(H2,22,25,28)(H,24,26,27). The van der Waals surface area contributed by atoms with Crippen LogP contribution in [-0.4, -0.2) is 27.0 Å². The number of nitrogens with zero attached hydrogens (tertiary/aromatic N) is 4. The second-order valence-electron chi connectivity index (χ2n) is 5.83. The molecule has 2 heterocycles. The van der Waals surface area contributed by atoms with E-state index in [1.54, 1.807) is 19.4 Å². The molecule has 0 bridgehead atoms. The van der Waals surface area contributed by atoms with E-state index in [1.165, 1.54) is 0 Å². The molecular weight excluding hydrogens is 371 g/mol. The number of hydrogen-bond donors (Lipinski definition) is 3. The van der Waals surface area contributed by atoms with Crippen LogP contribution in [0.25, 0.3) is 0 Å². The predicted octanol–water partition coefficient (Wildman–Crippen LogP) is 3.55. The molecular formula is C18H18F3N7. The summed E-state index contributed by atoms with van der Waals surface area (Å²) in [6.45, 7) is 0.872. The quantitative estimate of drug-likeness (QED) is 0.570. The average molecular weight is 389 g/mol. The van der Waals surface area contributed by atoms with E-state index in [0.29, 0.717) is 24.7 Å². The van der Waals surface area contributed by atoms with Crippen molar-refractivity contribution in [3.8, 4) is 0 Å². The fourth-order valence-electron chi connectivity index (χ4n) is 2.32. The largest absolute Gasteiger partial charge is 0.433 e. The maximum absolute atomic E-state index is 12.7. The Morgan fingerprint density at radius 3 is 2.14 bits per heavy atom. The molecule has 0 aliphatic carbocycles. The maximum atomic E-state index is 12.7. The topological polar surface area (TPSA) is 87.7 Å². The van der Waals surface area contributed by atoms with E-state index in [0.717, 1.165) is 23.4 Å². The Hall–Kier alpha value is -3.43. The molecule has 0 saturated heterocycles. The highest BCUT2D eigenvalue weighted by Crippen LogP contribution is 2.27. The summed E-state index contributed by atoms with van der Waals surface area (Å²) in [7, 11) is 1.77. The number of hydrogen-bond acceptors (Lipinski definition) is 7. The van der Waals surface area contributed by atoms with Crippen LogP contribution in [0.4, 0.5) is 30.8 Å². The van der Waals surface area contributed by atoms with Gasteiger partial charge >= 0.3 is 6.18 Å². The highest BCUT2D eigenvalue weighted by Gasteiger charge is 2.32. The number of rotatable bonds is 7. The van der Waals surface area contributed by atoms with Gasteiger partial charge in [0.05, 0.1) is 12.4 Å². The molecule has 0 aliphatic rings. The normalized spacial score (nSPS) is 11.1. The highest BCUT2D eigenvalue weighted by atomic mass is 19.4. The van der Waals surface area contributed by atoms with Crippen molar-refractivity contribution in [3.63, 3.8) is 0 Å². The number of alkyl halides is 3. The minimum absolute atomic E-state index is 0.0662. The molecule has 28 heavy (non-hydrogen) atoms. The van der Waals surface area contributed by atoms with E-state index < -0.39 is 11.9 Å². The molecule has 0 unspecified atom stereocenters. The summed E-state index contributed by atoms with van der Waals surface area (Å²) in [6, 6.07) is 8.45. The molecule has 146 valence electrons. The number of nitrogens with one attached hydrogen (secondary N) is 3. The van der Waals surface area contributed by atoms with E-state index in [1.807, 2.05) is 24.3 Å². The third-order valence-electron chi connectivity index (χ3n) is 3.78. The Balaban J connectivity index is 1.54. The second-order valence-corrected chi connectivity index (χ2v) is 5.83. The zero-order valence-electron chi connectivity index (χ0n) is 15.0. The lowest BCUT2D eigenvalue weighted by Gasteiger charge is -2.10. The summed E-state index contributed by atoms with van der Waals surface area (Å²) >= 11 is 0. The minimum atomic E-state index is -4.49. The van der Waals surface area contributed by atoms with Crippen molar-refractivity contribution in [2.45, 2.75) is 19.3 Å². The fraction of sp³-hybridized carbons (Fsp3) is 0.222. The van der Waals surface area contributed by atoms with Crippen molar-refractivity contribution in [3.05, 3.63) is 65.7 Å². The van der Waals surface area contributed by atoms with Crippen LogP contribution < -0.4 is 16.0 Å². The van der Waals surface area contributed by atoms with Gasteiger partial charge in [-0.05, 0) is 17.2 Å². The van der Waals surface area contributed by atoms with E-state index >= 15 is 0 Å². The van der Waals surface area contributed by atoms with Gasteiger partial charge in [0.2, 0.25) is 5.95 Å². The van der Waals surface area contributed by atoms with Crippen LogP contribution in [0, 0.1) is 0 Å². The first-order chi connectivity index (χ1) is 13.4. The van der Waals surface area contributed by atoms with Gasteiger partial charge in [-0.15, -0.1) is 0 Å². The lowest BCUT2D eigenvalue weighted by Crippen LogP contribution is -2.11. The molecule has 0 amide bonds. The van der Waals surface area contributed by atoms with Crippen LogP contribution in [0.2, 0.25) is 0 Å². The van der Waals surface area contributed by atoms with Gasteiger partial charge in [0.1, 0.15) is 17.3 Å². The van der Waals surface area contributed by atoms with Crippen LogP contribution in [0.1, 0.15) is 16.8 Å². The van der Waals surface area contributed by atoms with Gasteiger partial charge in [0, 0.05) is 26.3 Å². The Labute approximate surface area is 159 Å². The lowest BCUT2D eigenvalue weighted by molar-refractivity contribution is -0.141. The SMILES string of the molecule is CNc1cncc(NCc2ccc(CNc3nccc(C(F)(F)F)n3)cc2)n1. The van der Waals surface area contributed by atoms with E-state index in [2.05, 4.69) is 35.9 Å². The molecule has 0 atom stereocenters. The fourth-order valence-corrected chi connectivity index (χ4v) is 2.32. The van der Waals surface area contributed by atoms with Gasteiger partial charge < -0.3 is 16.0 Å². The van der Waals surface area contributed by atoms with Crippen molar-refractivity contribution in [2.24, 2.45) is 0 Å². The van der Waals surface area contributed by atoms with Gasteiger partial charge in [-0.2, -0.15) is 13.2 Å². The van der Waals surface area contributed by atoms with Crippen LogP contribution >= 0.6 is 0 Å². The number of anilines is 3. The van der Waals surface area contributed by atoms with Gasteiger partial charge in [0.15, 0.2) is 0 Å². The number of aromatic nitrogens is 4. The van der Waals surface area contributed by atoms with E-state index in [9.17, 15) is 13.2 Å². The summed E-state index contributed by atoms with van der Waals surface area (Å²) in [5.74, 6) is 1.26. The average Bonchev–Trinajstić information content (AvgIpc) is 2.71. The van der Waals surface area contributed by atoms with Crippen LogP contribution in [0.5, 0.6) is 0 Å². The van der Waals surface area contributed by atoms with Gasteiger partial charge in [0.25, 0.3) is 0 Å². The van der Waals surface area contributed by atoms with Crippen molar-refractivity contribution in [1.82, 2.24) is 19.9 Å². The summed E-state index contributed by atoms with van der Waals surface area (Å²) in [5, 5.41) is 8.90. The molecule has 3 aromatic rings. The smallest absolute Gasteiger partial charge is 0.372 e. The minimum Gasteiger partial charge on any atom is -0.372 e. The van der Waals surface area contributed by atoms with Crippen molar-refractivity contribution >= 4 is 17.6 Å². The molecule has 3 rings (SSSR count). The van der Waals surface area contributed by atoms with Crippen molar-refractivity contribution < 1.29 is 13.2 Å². The molecule has 0 aliphatic heterocycles. The van der Waals surface area contributed by atoms with E-state index in [-0.39, 0.29) is 5.95 Å². The summed E-state index contributed by atoms with van der Waals surface area (Å²) < 4.78 is 38.0. The first-order valence-electron chi connectivity index (χ1n) is 8.39. The molecule has 0 saturated carbocycles. The number of benzene rings is 1.